The first-order chi connectivity index (χ1) is 20.8. The summed E-state index contributed by atoms with van der Waals surface area (Å²) in [5, 5.41) is 30.1. The average molecular weight is 631 g/mol. The van der Waals surface area contributed by atoms with Gasteiger partial charge in [0.1, 0.15) is 11.8 Å². The number of urea groups is 1. The number of aromatic carboxylic acids is 1. The highest BCUT2D eigenvalue weighted by Gasteiger charge is 2.41. The van der Waals surface area contributed by atoms with E-state index in [-0.39, 0.29) is 48.6 Å². The van der Waals surface area contributed by atoms with E-state index >= 15 is 0 Å². The number of piperazine rings is 1. The Hall–Kier alpha value is -4.72. The van der Waals surface area contributed by atoms with E-state index < -0.39 is 59.0 Å². The van der Waals surface area contributed by atoms with Gasteiger partial charge in [0.2, 0.25) is 5.91 Å². The lowest BCUT2D eigenvalue weighted by molar-refractivity contribution is -0.153. The summed E-state index contributed by atoms with van der Waals surface area (Å²) < 4.78 is 30.6. The molecule has 234 valence electrons. The van der Waals surface area contributed by atoms with E-state index in [9.17, 15) is 42.5 Å². The van der Waals surface area contributed by atoms with Crippen LogP contribution in [0.2, 0.25) is 0 Å². The lowest BCUT2D eigenvalue weighted by Crippen LogP contribution is -2.60. The number of amides is 5. The summed E-state index contributed by atoms with van der Waals surface area (Å²) in [7, 11) is -5.89. The smallest absolute Gasteiger partial charge is 0.534 e. The van der Waals surface area contributed by atoms with Crippen molar-refractivity contribution in [1.29, 1.82) is 0 Å². The van der Waals surface area contributed by atoms with Gasteiger partial charge in [-0.15, -0.1) is 0 Å². The molecule has 2 aromatic rings. The minimum atomic E-state index is -4.21. The molecule has 2 atom stereocenters. The molecule has 1 saturated heterocycles. The molecule has 0 saturated carbocycles. The van der Waals surface area contributed by atoms with Crippen LogP contribution in [0.4, 0.5) is 10.5 Å². The highest BCUT2D eigenvalue weighted by molar-refractivity contribution is 7.90. The Morgan fingerprint density at radius 3 is 2.52 bits per heavy atom. The van der Waals surface area contributed by atoms with Crippen LogP contribution >= 0.6 is 0 Å². The number of carbonyl (C=O) groups is 5. The molecule has 17 nitrogen and oxygen atoms in total. The summed E-state index contributed by atoms with van der Waals surface area (Å²) in [6, 6.07) is 6.99. The molecule has 4 rings (SSSR count). The van der Waals surface area contributed by atoms with Crippen molar-refractivity contribution >= 4 is 52.7 Å². The number of nitrogens with one attached hydrogen (secondary N) is 3. The zero-order valence-corrected chi connectivity index (χ0v) is 24.0. The predicted molar refractivity (Wildman–Crippen MR) is 154 cm³/mol. The first-order valence-corrected chi connectivity index (χ1v) is 14.9. The third kappa shape index (κ3) is 7.43. The Balaban J connectivity index is 1.59. The molecule has 19 heteroatoms. The second-order valence-corrected chi connectivity index (χ2v) is 11.3. The van der Waals surface area contributed by atoms with Gasteiger partial charge in [0.05, 0.1) is 17.2 Å². The lowest BCUT2D eigenvalue weighted by atomic mass is 9.72. The number of para-hydroxylation sites is 1. The molecule has 9 N–H and O–H groups in total. The molecule has 2 aliphatic rings. The Morgan fingerprint density at radius 1 is 1.11 bits per heavy atom. The maximum Gasteiger partial charge on any atom is 0.547 e. The van der Waals surface area contributed by atoms with Gasteiger partial charge in [-0.05, 0) is 48.7 Å². The first-order valence-electron chi connectivity index (χ1n) is 13.3. The van der Waals surface area contributed by atoms with Crippen molar-refractivity contribution < 1.29 is 47.2 Å². The Labute approximate surface area is 251 Å². The number of benzene rings is 2. The van der Waals surface area contributed by atoms with Gasteiger partial charge in [-0.3, -0.25) is 24.0 Å². The van der Waals surface area contributed by atoms with Crippen LogP contribution in [0.5, 0.6) is 5.75 Å². The molecule has 0 spiro atoms. The number of hydrogen-bond donors (Lipinski definition) is 7. The van der Waals surface area contributed by atoms with Crippen molar-refractivity contribution in [2.75, 3.05) is 30.9 Å². The van der Waals surface area contributed by atoms with Crippen LogP contribution in [0.3, 0.4) is 0 Å². The van der Waals surface area contributed by atoms with Gasteiger partial charge in [-0.25, -0.2) is 14.7 Å². The second-order valence-electron chi connectivity index (χ2n) is 9.97. The summed E-state index contributed by atoms with van der Waals surface area (Å²) in [6.45, 7) is 0.409. The van der Waals surface area contributed by atoms with Crippen LogP contribution in [0.15, 0.2) is 42.5 Å². The molecule has 0 radical (unpaired) electrons. The third-order valence-corrected chi connectivity index (χ3v) is 7.39. The van der Waals surface area contributed by atoms with Crippen molar-refractivity contribution in [2.24, 2.45) is 10.9 Å². The van der Waals surface area contributed by atoms with Gasteiger partial charge in [-0.2, -0.15) is 8.42 Å². The van der Waals surface area contributed by atoms with E-state index in [4.69, 9.17) is 15.5 Å². The second kappa shape index (κ2) is 13.3. The van der Waals surface area contributed by atoms with Gasteiger partial charge in [0.25, 0.3) is 10.2 Å². The number of anilines is 1. The number of nitrogens with zero attached hydrogens (tertiary/aromatic N) is 2. The fourth-order valence-corrected chi connectivity index (χ4v) is 5.25. The maximum absolute atomic E-state index is 13.6. The predicted octanol–water partition coefficient (Wildman–Crippen LogP) is -2.09. The van der Waals surface area contributed by atoms with Crippen LogP contribution in [-0.2, 0) is 31.0 Å². The Bertz CT molecular complexity index is 1590. The minimum absolute atomic E-state index is 0.0460. The highest BCUT2D eigenvalue weighted by Crippen LogP contribution is 2.30. The number of carboxylic acids is 1. The first kappa shape index (κ1) is 32.2. The van der Waals surface area contributed by atoms with Crippen molar-refractivity contribution in [1.82, 2.24) is 20.4 Å². The molecule has 1 fully saturated rings. The van der Waals surface area contributed by atoms with E-state index in [0.717, 1.165) is 0 Å². The van der Waals surface area contributed by atoms with E-state index in [1.807, 2.05) is 0 Å². The molecule has 2 heterocycles. The molecule has 0 aliphatic carbocycles. The van der Waals surface area contributed by atoms with Crippen LogP contribution in [0.1, 0.15) is 33.9 Å². The number of hydrogen-bond acceptors (Lipinski definition) is 10. The largest absolute Gasteiger partial charge is 0.547 e. The standard InChI is InChI=1S/C25H30BN7O10S/c27-8-3-9-32-10-11-33(23(36)22(32)35)25(39)30-19(14-4-1-6-16(12-14)31-44(28,41)42)21(34)29-18-13-15-5-2-7-17(24(37)38)20(15)43-26(18)40/h1-2,4-7,12,18-19,31,40H,3,8-11,13,27H2,(H,29,34)(H,30,39)(H,37,38)(H2,28,41,42). The normalized spacial score (nSPS) is 17.3. The number of carbonyl (C=O) groups excluding carboxylic acids is 4. The van der Waals surface area contributed by atoms with Crippen molar-refractivity contribution in [3.05, 3.63) is 59.2 Å². The quantitative estimate of drug-likeness (QED) is 0.110. The molecule has 2 aliphatic heterocycles. The monoisotopic (exact) mass is 631 g/mol. The molecule has 0 bridgehead atoms. The summed E-state index contributed by atoms with van der Waals surface area (Å²) in [5.41, 5.74) is 5.68. The van der Waals surface area contributed by atoms with Gasteiger partial charge < -0.3 is 36.1 Å². The minimum Gasteiger partial charge on any atom is -0.534 e. The van der Waals surface area contributed by atoms with Crippen LogP contribution in [0.25, 0.3) is 0 Å². The third-order valence-electron chi connectivity index (χ3n) is 6.87. The summed E-state index contributed by atoms with van der Waals surface area (Å²) in [5.74, 6) is -5.38. The van der Waals surface area contributed by atoms with Crippen molar-refractivity contribution in [2.45, 2.75) is 24.8 Å². The zero-order valence-electron chi connectivity index (χ0n) is 23.1. The number of rotatable bonds is 10. The summed E-state index contributed by atoms with van der Waals surface area (Å²) in [6.07, 6.45) is 0.407. The highest BCUT2D eigenvalue weighted by atomic mass is 32.2. The van der Waals surface area contributed by atoms with Crippen LogP contribution in [-0.4, -0.2) is 97.3 Å². The van der Waals surface area contributed by atoms with E-state index in [0.29, 0.717) is 23.4 Å². The molecule has 0 aromatic heterocycles. The van der Waals surface area contributed by atoms with Crippen LogP contribution in [0, 0.1) is 0 Å². The SMILES string of the molecule is NCCCN1CCN(C(=O)NC(C(=O)NC2Cc3cccc(C(=O)O)c3OB2O)c2cccc(NS(N)(=O)=O)c2)C(=O)C1=O. The van der Waals surface area contributed by atoms with Gasteiger partial charge >= 0.3 is 30.9 Å². The maximum atomic E-state index is 13.6. The van der Waals surface area contributed by atoms with Gasteiger partial charge in [0.15, 0.2) is 0 Å². The average Bonchev–Trinajstić information content (AvgIpc) is 2.95. The van der Waals surface area contributed by atoms with Gasteiger partial charge in [-0.1, -0.05) is 24.3 Å². The van der Waals surface area contributed by atoms with Crippen LogP contribution < -0.4 is 30.9 Å². The van der Waals surface area contributed by atoms with Crippen molar-refractivity contribution in [3.63, 3.8) is 0 Å². The number of carboxylic acid groups (broad SMARTS) is 1. The Kier molecular flexibility index (Phi) is 9.73. The Morgan fingerprint density at radius 2 is 1.84 bits per heavy atom. The molecular formula is C25H30BN7O10S. The zero-order chi connectivity index (χ0) is 32.2. The molecular weight excluding hydrogens is 601 g/mol. The van der Waals surface area contributed by atoms with E-state index in [1.54, 1.807) is 6.07 Å². The number of nitrogens with two attached hydrogens (primary N) is 2. The molecule has 44 heavy (non-hydrogen) atoms. The molecule has 5 amide bonds. The summed E-state index contributed by atoms with van der Waals surface area (Å²) >= 11 is 0. The number of fused-ring (bicyclic) bond motifs is 1. The lowest BCUT2D eigenvalue weighted by Gasteiger charge is -2.34. The van der Waals surface area contributed by atoms with Crippen molar-refractivity contribution in [3.8, 4) is 5.75 Å². The molecule has 2 aromatic carbocycles. The number of imide groups is 1. The van der Waals surface area contributed by atoms with E-state index in [2.05, 4.69) is 15.4 Å². The fourth-order valence-electron chi connectivity index (χ4n) is 4.79. The molecule has 2 unspecified atom stereocenters. The fraction of sp³-hybridized carbons (Fsp3) is 0.320. The van der Waals surface area contributed by atoms with E-state index in [1.165, 1.54) is 41.3 Å². The summed E-state index contributed by atoms with van der Waals surface area (Å²) in [4.78, 5) is 65.7. The topological polar surface area (TPSA) is 264 Å². The van der Waals surface area contributed by atoms with Gasteiger partial charge in [0, 0.05) is 19.6 Å².